The van der Waals surface area contributed by atoms with Crippen molar-refractivity contribution in [2.75, 3.05) is 0 Å². The average Bonchev–Trinajstić information content (AvgIpc) is 3.15. The summed E-state index contributed by atoms with van der Waals surface area (Å²) in [6.07, 6.45) is 3.41. The Morgan fingerprint density at radius 1 is 1.22 bits per heavy atom. The fourth-order valence-electron chi connectivity index (χ4n) is 3.23. The van der Waals surface area contributed by atoms with E-state index in [0.29, 0.717) is 0 Å². The summed E-state index contributed by atoms with van der Waals surface area (Å²) in [4.78, 5) is 38.2. The molecule has 27 heavy (non-hydrogen) atoms. The van der Waals surface area contributed by atoms with Crippen LogP contribution in [0.3, 0.4) is 0 Å². The van der Waals surface area contributed by atoms with Crippen LogP contribution in [0, 0.1) is 0 Å². The number of amides is 2. The van der Waals surface area contributed by atoms with E-state index in [1.54, 1.807) is 17.2 Å². The molecule has 2 heterocycles. The molecule has 140 valence electrons. The number of benzene rings is 1. The first kappa shape index (κ1) is 18.8. The van der Waals surface area contributed by atoms with E-state index in [4.69, 9.17) is 5.11 Å². The smallest absolute Gasteiger partial charge is 0.305 e. The van der Waals surface area contributed by atoms with Gasteiger partial charge < -0.3 is 15.3 Å². The minimum absolute atomic E-state index is 0.0580. The van der Waals surface area contributed by atoms with Crippen LogP contribution in [0.5, 0.6) is 0 Å². The fourth-order valence-corrected chi connectivity index (χ4v) is 4.01. The predicted octanol–water partition coefficient (Wildman–Crippen LogP) is 3.34. The summed E-state index contributed by atoms with van der Waals surface area (Å²) in [6, 6.07) is 10.2. The zero-order valence-electron chi connectivity index (χ0n) is 14.8. The molecule has 7 heteroatoms. The molecule has 2 atom stereocenters. The number of carbonyl (C=O) groups excluding carboxylic acids is 2. The Morgan fingerprint density at radius 2 is 2.00 bits per heavy atom. The van der Waals surface area contributed by atoms with Crippen molar-refractivity contribution in [3.63, 3.8) is 0 Å². The maximum absolute atomic E-state index is 12.7. The molecular formula is C20H20N2O4S. The van der Waals surface area contributed by atoms with E-state index < -0.39 is 18.1 Å². The molecule has 0 radical (unpaired) electrons. The molecule has 0 saturated carbocycles. The van der Waals surface area contributed by atoms with Crippen LogP contribution in [0.4, 0.5) is 0 Å². The SMILES string of the molecule is CC(=O)N1C=Cc2ccccc2[C@@H]1CC(=O)N[C@H](CC(=O)O)c1cccs1. The number of hydrogen-bond acceptors (Lipinski definition) is 4. The van der Waals surface area contributed by atoms with Crippen LogP contribution in [0.2, 0.25) is 0 Å². The molecule has 3 rings (SSSR count). The zero-order valence-corrected chi connectivity index (χ0v) is 15.6. The molecule has 1 aliphatic rings. The number of fused-ring (bicyclic) bond motifs is 1. The molecule has 1 aromatic carbocycles. The minimum Gasteiger partial charge on any atom is -0.481 e. The van der Waals surface area contributed by atoms with E-state index in [9.17, 15) is 14.4 Å². The molecular weight excluding hydrogens is 364 g/mol. The first-order valence-electron chi connectivity index (χ1n) is 8.56. The van der Waals surface area contributed by atoms with Crippen molar-refractivity contribution in [2.24, 2.45) is 0 Å². The van der Waals surface area contributed by atoms with Crippen molar-refractivity contribution < 1.29 is 19.5 Å². The number of carbonyl (C=O) groups is 3. The lowest BCUT2D eigenvalue weighted by Gasteiger charge is -2.32. The second-order valence-electron chi connectivity index (χ2n) is 6.32. The third-order valence-corrected chi connectivity index (χ3v) is 5.43. The van der Waals surface area contributed by atoms with E-state index in [1.165, 1.54) is 18.3 Å². The number of aliphatic carboxylic acids is 1. The van der Waals surface area contributed by atoms with Crippen LogP contribution in [0.15, 0.2) is 48.0 Å². The van der Waals surface area contributed by atoms with Gasteiger partial charge in [0.15, 0.2) is 0 Å². The number of carboxylic acids is 1. The van der Waals surface area contributed by atoms with Crippen LogP contribution < -0.4 is 5.32 Å². The van der Waals surface area contributed by atoms with Crippen LogP contribution in [-0.4, -0.2) is 27.8 Å². The third kappa shape index (κ3) is 4.43. The Kier molecular flexibility index (Phi) is 5.71. The number of thiophene rings is 1. The Hall–Kier alpha value is -2.93. The van der Waals surface area contributed by atoms with Crippen LogP contribution in [0.25, 0.3) is 6.08 Å². The van der Waals surface area contributed by atoms with E-state index in [1.807, 2.05) is 41.8 Å². The van der Waals surface area contributed by atoms with E-state index in [-0.39, 0.29) is 24.7 Å². The van der Waals surface area contributed by atoms with E-state index >= 15 is 0 Å². The van der Waals surface area contributed by atoms with Gasteiger partial charge in [0.05, 0.1) is 24.9 Å². The van der Waals surface area contributed by atoms with Gasteiger partial charge in [0.1, 0.15) is 0 Å². The van der Waals surface area contributed by atoms with Gasteiger partial charge in [0.25, 0.3) is 0 Å². The Labute approximate surface area is 161 Å². The van der Waals surface area contributed by atoms with Gasteiger partial charge >= 0.3 is 5.97 Å². The van der Waals surface area contributed by atoms with Crippen molar-refractivity contribution in [1.82, 2.24) is 10.2 Å². The standard InChI is InChI=1S/C20H20N2O4S/c1-13(23)22-9-8-14-5-2-3-6-15(14)17(22)12-19(24)21-16(11-20(25)26)18-7-4-10-27-18/h2-10,16-17H,11-12H2,1H3,(H,21,24)(H,25,26)/t16-,17+/m1/s1. The average molecular weight is 384 g/mol. The molecule has 1 aliphatic heterocycles. The molecule has 0 spiro atoms. The fraction of sp³-hybridized carbons (Fsp3) is 0.250. The largest absolute Gasteiger partial charge is 0.481 e. The normalized spacial score (nSPS) is 16.5. The van der Waals surface area contributed by atoms with Gasteiger partial charge in [-0.05, 0) is 28.6 Å². The Balaban J connectivity index is 1.79. The first-order chi connectivity index (χ1) is 13.0. The van der Waals surface area contributed by atoms with Crippen LogP contribution in [0.1, 0.15) is 47.9 Å². The number of hydrogen-bond donors (Lipinski definition) is 2. The first-order valence-corrected chi connectivity index (χ1v) is 9.44. The lowest BCUT2D eigenvalue weighted by atomic mass is 9.93. The molecule has 0 saturated heterocycles. The van der Waals surface area contributed by atoms with Gasteiger partial charge in [0, 0.05) is 18.0 Å². The Bertz CT molecular complexity index is 876. The highest BCUT2D eigenvalue weighted by molar-refractivity contribution is 7.10. The van der Waals surface area contributed by atoms with Crippen molar-refractivity contribution in [3.05, 3.63) is 64.0 Å². The second kappa shape index (κ2) is 8.18. The second-order valence-corrected chi connectivity index (χ2v) is 7.30. The summed E-state index contributed by atoms with van der Waals surface area (Å²) in [6.45, 7) is 1.46. The van der Waals surface area contributed by atoms with E-state index in [2.05, 4.69) is 5.32 Å². The van der Waals surface area contributed by atoms with Crippen molar-refractivity contribution in [2.45, 2.75) is 31.8 Å². The highest BCUT2D eigenvalue weighted by Crippen LogP contribution is 2.33. The molecule has 6 nitrogen and oxygen atoms in total. The van der Waals surface area contributed by atoms with Gasteiger partial charge in [-0.2, -0.15) is 0 Å². The highest BCUT2D eigenvalue weighted by Gasteiger charge is 2.29. The van der Waals surface area contributed by atoms with Gasteiger partial charge in [-0.3, -0.25) is 14.4 Å². The molecule has 2 aromatic rings. The van der Waals surface area contributed by atoms with Gasteiger partial charge in [-0.15, -0.1) is 11.3 Å². The van der Waals surface area contributed by atoms with Crippen LogP contribution >= 0.6 is 11.3 Å². The van der Waals surface area contributed by atoms with Crippen molar-refractivity contribution in [1.29, 1.82) is 0 Å². The van der Waals surface area contributed by atoms with Gasteiger partial charge in [0.2, 0.25) is 11.8 Å². The lowest BCUT2D eigenvalue weighted by molar-refractivity contribution is -0.137. The minimum atomic E-state index is -0.981. The maximum Gasteiger partial charge on any atom is 0.305 e. The molecule has 0 bridgehead atoms. The summed E-state index contributed by atoms with van der Waals surface area (Å²) in [7, 11) is 0. The van der Waals surface area contributed by atoms with Crippen molar-refractivity contribution in [3.8, 4) is 0 Å². The van der Waals surface area contributed by atoms with Gasteiger partial charge in [-0.25, -0.2) is 0 Å². The number of carboxylic acid groups (broad SMARTS) is 1. The molecule has 2 N–H and O–H groups in total. The van der Waals surface area contributed by atoms with Crippen molar-refractivity contribution >= 4 is 35.2 Å². The predicted molar refractivity (Wildman–Crippen MR) is 103 cm³/mol. The number of nitrogens with one attached hydrogen (secondary N) is 1. The molecule has 0 unspecified atom stereocenters. The summed E-state index contributed by atoms with van der Waals surface area (Å²) in [5, 5.41) is 13.8. The van der Waals surface area contributed by atoms with Crippen LogP contribution in [-0.2, 0) is 14.4 Å². The Morgan fingerprint density at radius 3 is 2.67 bits per heavy atom. The monoisotopic (exact) mass is 384 g/mol. The highest BCUT2D eigenvalue weighted by atomic mass is 32.1. The summed E-state index contributed by atoms with van der Waals surface area (Å²) in [5.41, 5.74) is 1.87. The molecule has 0 aliphatic carbocycles. The maximum atomic E-state index is 12.7. The summed E-state index contributed by atoms with van der Waals surface area (Å²) in [5.74, 6) is -1.43. The topological polar surface area (TPSA) is 86.7 Å². The molecule has 0 fully saturated rings. The lowest BCUT2D eigenvalue weighted by Crippen LogP contribution is -2.36. The zero-order chi connectivity index (χ0) is 19.4. The number of rotatable bonds is 6. The summed E-state index contributed by atoms with van der Waals surface area (Å²) < 4.78 is 0. The third-order valence-electron chi connectivity index (χ3n) is 4.45. The molecule has 1 aromatic heterocycles. The molecule has 2 amide bonds. The summed E-state index contributed by atoms with van der Waals surface area (Å²) >= 11 is 1.40. The van der Waals surface area contributed by atoms with Gasteiger partial charge in [-0.1, -0.05) is 30.3 Å². The quantitative estimate of drug-likeness (QED) is 0.800. The van der Waals surface area contributed by atoms with E-state index in [0.717, 1.165) is 16.0 Å². The number of nitrogens with zero attached hydrogens (tertiary/aromatic N) is 1.